The van der Waals surface area contributed by atoms with Crippen LogP contribution in [0, 0.1) is 0 Å². The maximum atomic E-state index is 12.7. The van der Waals surface area contributed by atoms with Crippen molar-refractivity contribution in [2.45, 2.75) is 19.0 Å². The van der Waals surface area contributed by atoms with Crippen molar-refractivity contribution in [1.82, 2.24) is 14.5 Å². The van der Waals surface area contributed by atoms with E-state index in [2.05, 4.69) is 4.98 Å². The number of imidazole rings is 1. The van der Waals surface area contributed by atoms with Gasteiger partial charge >= 0.3 is 6.18 Å². The monoisotopic (exact) mass is 325 g/mol. The number of hydrogen-bond acceptors (Lipinski definition) is 2. The lowest BCUT2D eigenvalue weighted by atomic mass is 10.1. The molecule has 2 rings (SSSR count). The van der Waals surface area contributed by atoms with E-state index >= 15 is 0 Å². The van der Waals surface area contributed by atoms with Crippen LogP contribution in [0.4, 0.5) is 13.2 Å². The molecule has 0 N–H and O–H groups in total. The van der Waals surface area contributed by atoms with E-state index < -0.39 is 17.6 Å². The molecule has 4 nitrogen and oxygen atoms in total. The molecule has 1 heterocycles. The van der Waals surface area contributed by atoms with Crippen LogP contribution in [0.1, 0.15) is 28.2 Å². The Labute approximate surface area is 132 Å². The van der Waals surface area contributed by atoms with Crippen molar-refractivity contribution in [2.75, 3.05) is 13.6 Å². The van der Waals surface area contributed by atoms with Gasteiger partial charge < -0.3 is 9.47 Å². The normalized spacial score (nSPS) is 11.5. The average molecular weight is 325 g/mol. The van der Waals surface area contributed by atoms with Gasteiger partial charge in [0.15, 0.2) is 0 Å². The Hall–Kier alpha value is -2.31. The summed E-state index contributed by atoms with van der Waals surface area (Å²) in [6.45, 7) is 0.446. The average Bonchev–Trinajstić information content (AvgIpc) is 2.91. The van der Waals surface area contributed by atoms with Crippen LogP contribution in [0.3, 0.4) is 0 Å². The minimum atomic E-state index is -4.45. The van der Waals surface area contributed by atoms with E-state index in [1.807, 2.05) is 17.8 Å². The molecule has 0 aliphatic rings. The summed E-state index contributed by atoms with van der Waals surface area (Å²) in [7, 11) is 3.47. The summed E-state index contributed by atoms with van der Waals surface area (Å²) in [4.78, 5) is 17.8. The van der Waals surface area contributed by atoms with E-state index in [4.69, 9.17) is 0 Å². The van der Waals surface area contributed by atoms with E-state index in [9.17, 15) is 18.0 Å². The Kier molecular flexibility index (Phi) is 5.08. The zero-order chi connectivity index (χ0) is 17.0. The Morgan fingerprint density at radius 1 is 1.35 bits per heavy atom. The lowest BCUT2D eigenvalue weighted by Gasteiger charge is -2.18. The van der Waals surface area contributed by atoms with Gasteiger partial charge in [0.2, 0.25) is 0 Å². The lowest BCUT2D eigenvalue weighted by molar-refractivity contribution is -0.137. The highest BCUT2D eigenvalue weighted by Gasteiger charge is 2.31. The second kappa shape index (κ2) is 6.85. The molecule has 0 aliphatic carbocycles. The fraction of sp³-hybridized carbons (Fsp3) is 0.375. The first-order valence-electron chi connectivity index (χ1n) is 7.18. The molecule has 23 heavy (non-hydrogen) atoms. The highest BCUT2D eigenvalue weighted by Crippen LogP contribution is 2.29. The molecular formula is C16H18F3N3O. The molecule has 0 unspecified atom stereocenters. The van der Waals surface area contributed by atoms with E-state index in [-0.39, 0.29) is 5.56 Å². The molecule has 1 aromatic carbocycles. The number of halogens is 3. The van der Waals surface area contributed by atoms with Gasteiger partial charge in [-0.05, 0) is 24.6 Å². The molecular weight excluding hydrogens is 307 g/mol. The van der Waals surface area contributed by atoms with Crippen molar-refractivity contribution in [3.8, 4) is 0 Å². The molecule has 2 aromatic rings. The van der Waals surface area contributed by atoms with Gasteiger partial charge in [0.05, 0.1) is 5.56 Å². The molecule has 0 fully saturated rings. The van der Waals surface area contributed by atoms with Crippen LogP contribution in [0.25, 0.3) is 0 Å². The van der Waals surface area contributed by atoms with E-state index in [0.717, 1.165) is 18.0 Å². The second-order valence-electron chi connectivity index (χ2n) is 5.36. The fourth-order valence-electron chi connectivity index (χ4n) is 2.26. The van der Waals surface area contributed by atoms with Crippen molar-refractivity contribution < 1.29 is 18.0 Å². The number of aryl methyl sites for hydroxylation is 2. The minimum Gasteiger partial charge on any atom is -0.342 e. The molecule has 0 bridgehead atoms. The third kappa shape index (κ3) is 4.34. The molecule has 0 saturated carbocycles. The smallest absolute Gasteiger partial charge is 0.342 e. The molecule has 7 heteroatoms. The van der Waals surface area contributed by atoms with Crippen LogP contribution in [-0.2, 0) is 19.6 Å². The Morgan fingerprint density at radius 3 is 2.70 bits per heavy atom. The number of alkyl halides is 3. The maximum absolute atomic E-state index is 12.7. The van der Waals surface area contributed by atoms with Crippen LogP contribution in [0.2, 0.25) is 0 Å². The van der Waals surface area contributed by atoms with Gasteiger partial charge in [-0.3, -0.25) is 4.79 Å². The van der Waals surface area contributed by atoms with Crippen molar-refractivity contribution >= 4 is 5.91 Å². The number of benzene rings is 1. The first-order valence-corrected chi connectivity index (χ1v) is 7.18. The van der Waals surface area contributed by atoms with Crippen molar-refractivity contribution in [3.63, 3.8) is 0 Å². The van der Waals surface area contributed by atoms with Crippen molar-refractivity contribution in [1.29, 1.82) is 0 Å². The summed E-state index contributed by atoms with van der Waals surface area (Å²) in [6, 6.07) is 4.49. The number of amides is 1. The predicted octanol–water partition coefficient (Wildman–Crippen LogP) is 3.14. The quantitative estimate of drug-likeness (QED) is 0.847. The van der Waals surface area contributed by atoms with Crippen molar-refractivity contribution in [2.24, 2.45) is 7.05 Å². The van der Waals surface area contributed by atoms with Crippen LogP contribution in [-0.4, -0.2) is 34.0 Å². The molecule has 0 atom stereocenters. The lowest BCUT2D eigenvalue weighted by Crippen LogP contribution is -2.28. The molecule has 0 aliphatic heterocycles. The van der Waals surface area contributed by atoms with E-state index in [0.29, 0.717) is 19.4 Å². The third-order valence-corrected chi connectivity index (χ3v) is 3.60. The van der Waals surface area contributed by atoms with Gasteiger partial charge in [0.25, 0.3) is 5.91 Å². The summed E-state index contributed by atoms with van der Waals surface area (Å²) < 4.78 is 40.0. The number of hydrogen-bond donors (Lipinski definition) is 0. The summed E-state index contributed by atoms with van der Waals surface area (Å²) in [5.41, 5.74) is -0.774. The van der Waals surface area contributed by atoms with Crippen LogP contribution in [0.5, 0.6) is 0 Å². The van der Waals surface area contributed by atoms with Crippen LogP contribution in [0.15, 0.2) is 36.7 Å². The molecule has 1 amide bonds. The highest BCUT2D eigenvalue weighted by molar-refractivity contribution is 5.94. The first kappa shape index (κ1) is 17.1. The van der Waals surface area contributed by atoms with Gasteiger partial charge in [0.1, 0.15) is 5.82 Å². The molecule has 124 valence electrons. The zero-order valence-electron chi connectivity index (χ0n) is 13.0. The van der Waals surface area contributed by atoms with Crippen molar-refractivity contribution in [3.05, 3.63) is 53.6 Å². The fourth-order valence-corrected chi connectivity index (χ4v) is 2.26. The second-order valence-corrected chi connectivity index (χ2v) is 5.36. The number of aromatic nitrogens is 2. The predicted molar refractivity (Wildman–Crippen MR) is 79.9 cm³/mol. The summed E-state index contributed by atoms with van der Waals surface area (Å²) in [6.07, 6.45) is 0.475. The number of nitrogens with zero attached hydrogens (tertiary/aromatic N) is 3. The van der Waals surface area contributed by atoms with Crippen LogP contribution < -0.4 is 0 Å². The molecule has 0 radical (unpaired) electrons. The van der Waals surface area contributed by atoms with Gasteiger partial charge in [0, 0.05) is 45.0 Å². The molecule has 1 aromatic heterocycles. The van der Waals surface area contributed by atoms with Gasteiger partial charge in [-0.2, -0.15) is 13.2 Å². The SMILES string of the molecule is CN(CCCc1nccn1C)C(=O)c1cccc(C(F)(F)F)c1. The highest BCUT2D eigenvalue weighted by atomic mass is 19.4. The van der Waals surface area contributed by atoms with Gasteiger partial charge in [-0.15, -0.1) is 0 Å². The topological polar surface area (TPSA) is 38.1 Å². The molecule has 0 spiro atoms. The maximum Gasteiger partial charge on any atom is 0.416 e. The zero-order valence-corrected chi connectivity index (χ0v) is 13.0. The minimum absolute atomic E-state index is 0.0410. The standard InChI is InChI=1S/C16H18F3N3O/c1-21-10-8-20-14(21)7-4-9-22(2)15(23)12-5-3-6-13(11-12)16(17,18)19/h3,5-6,8,10-11H,4,7,9H2,1-2H3. The van der Waals surface area contributed by atoms with Crippen LogP contribution >= 0.6 is 0 Å². The summed E-state index contributed by atoms with van der Waals surface area (Å²) >= 11 is 0. The number of rotatable bonds is 5. The van der Waals surface area contributed by atoms with Gasteiger partial charge in [-0.1, -0.05) is 6.07 Å². The largest absolute Gasteiger partial charge is 0.416 e. The number of carbonyl (C=O) groups is 1. The Morgan fingerprint density at radius 2 is 2.09 bits per heavy atom. The third-order valence-electron chi connectivity index (χ3n) is 3.60. The summed E-state index contributed by atoms with van der Waals surface area (Å²) in [5.74, 6) is 0.487. The Balaban J connectivity index is 1.96. The van der Waals surface area contributed by atoms with E-state index in [1.54, 1.807) is 13.2 Å². The summed E-state index contributed by atoms with van der Waals surface area (Å²) in [5, 5.41) is 0. The first-order chi connectivity index (χ1) is 10.8. The number of carbonyl (C=O) groups excluding carboxylic acids is 1. The van der Waals surface area contributed by atoms with Gasteiger partial charge in [-0.25, -0.2) is 4.98 Å². The van der Waals surface area contributed by atoms with E-state index in [1.165, 1.54) is 17.0 Å². The molecule has 0 saturated heterocycles. The Bertz CT molecular complexity index is 679.